The van der Waals surface area contributed by atoms with Crippen LogP contribution in [0.2, 0.25) is 0 Å². The third-order valence-electron chi connectivity index (χ3n) is 4.85. The number of nitriles is 1. The first-order valence-electron chi connectivity index (χ1n) is 8.78. The highest BCUT2D eigenvalue weighted by Gasteiger charge is 2.44. The highest BCUT2D eigenvalue weighted by molar-refractivity contribution is 7.91. The summed E-state index contributed by atoms with van der Waals surface area (Å²) in [5.41, 5.74) is 1.01. The van der Waals surface area contributed by atoms with Gasteiger partial charge in [0.1, 0.15) is 5.82 Å². The normalized spacial score (nSPS) is 15.2. The van der Waals surface area contributed by atoms with E-state index >= 15 is 0 Å². The molecule has 27 heavy (non-hydrogen) atoms. The first-order valence-corrected chi connectivity index (χ1v) is 10.4. The summed E-state index contributed by atoms with van der Waals surface area (Å²) >= 11 is 0. The second-order valence-electron chi connectivity index (χ2n) is 6.54. The van der Waals surface area contributed by atoms with Gasteiger partial charge in [-0.2, -0.15) is 5.26 Å². The van der Waals surface area contributed by atoms with E-state index < -0.39 is 21.2 Å². The summed E-state index contributed by atoms with van der Waals surface area (Å²) in [6.07, 6.45) is 1.69. The van der Waals surface area contributed by atoms with E-state index in [0.717, 1.165) is 18.4 Å². The van der Waals surface area contributed by atoms with Crippen molar-refractivity contribution in [2.24, 2.45) is 7.05 Å². The molecule has 3 rings (SSSR count). The first-order chi connectivity index (χ1) is 12.8. The van der Waals surface area contributed by atoms with Crippen LogP contribution >= 0.6 is 0 Å². The van der Waals surface area contributed by atoms with E-state index in [9.17, 15) is 18.5 Å². The van der Waals surface area contributed by atoms with Crippen LogP contribution in [-0.2, 0) is 27.0 Å². The number of sulfone groups is 1. The topological polar surface area (TPSA) is 102 Å². The summed E-state index contributed by atoms with van der Waals surface area (Å²) in [6.45, 7) is 3.29. The Morgan fingerprint density at radius 2 is 1.93 bits per heavy atom. The van der Waals surface area contributed by atoms with Crippen molar-refractivity contribution in [1.29, 1.82) is 5.26 Å². The number of benzene rings is 1. The summed E-state index contributed by atoms with van der Waals surface area (Å²) < 4.78 is 31.4. The number of imidazole rings is 1. The SMILES string of the molecule is CCOC(=O)c1nc(-c2ccc(C3(C#N)CC3)cc2)n(C)c1S(=O)(=O)CC. The van der Waals surface area contributed by atoms with Crippen LogP contribution in [0.1, 0.15) is 42.7 Å². The van der Waals surface area contributed by atoms with Gasteiger partial charge in [0.25, 0.3) is 0 Å². The monoisotopic (exact) mass is 387 g/mol. The Morgan fingerprint density at radius 1 is 1.30 bits per heavy atom. The molecule has 0 saturated heterocycles. The number of esters is 1. The van der Waals surface area contributed by atoms with Crippen LogP contribution in [-0.4, -0.2) is 36.3 Å². The molecule has 1 heterocycles. The van der Waals surface area contributed by atoms with Crippen molar-refractivity contribution in [3.05, 3.63) is 35.5 Å². The second kappa shape index (κ2) is 6.82. The van der Waals surface area contributed by atoms with Gasteiger partial charge >= 0.3 is 5.97 Å². The van der Waals surface area contributed by atoms with E-state index in [0.29, 0.717) is 11.4 Å². The summed E-state index contributed by atoms with van der Waals surface area (Å²) in [7, 11) is -2.11. The van der Waals surface area contributed by atoms with Crippen LogP contribution in [0.4, 0.5) is 0 Å². The molecule has 2 aromatic rings. The van der Waals surface area contributed by atoms with E-state index in [-0.39, 0.29) is 23.1 Å². The summed E-state index contributed by atoms with van der Waals surface area (Å²) in [6, 6.07) is 9.66. The molecule has 7 nitrogen and oxygen atoms in total. The lowest BCUT2D eigenvalue weighted by molar-refractivity contribution is 0.0515. The number of hydrogen-bond donors (Lipinski definition) is 0. The fourth-order valence-corrected chi connectivity index (χ4v) is 4.30. The maximum absolute atomic E-state index is 12.5. The molecular formula is C19H21N3O4S. The lowest BCUT2D eigenvalue weighted by Crippen LogP contribution is -2.15. The molecule has 1 aromatic carbocycles. The molecule has 1 aliphatic carbocycles. The first kappa shape index (κ1) is 19.1. The van der Waals surface area contributed by atoms with Crippen LogP contribution in [0.25, 0.3) is 11.4 Å². The standard InChI is InChI=1S/C19H21N3O4S/c1-4-26-18(23)15-17(27(24,25)5-2)22(3)16(21-15)13-6-8-14(9-7-13)19(12-20)10-11-19/h6-9H,4-5,10-11H2,1-3H3. The molecule has 0 amide bonds. The molecule has 142 valence electrons. The highest BCUT2D eigenvalue weighted by atomic mass is 32.2. The minimum absolute atomic E-state index is 0.126. The van der Waals surface area contributed by atoms with Gasteiger partial charge in [-0.3, -0.25) is 0 Å². The van der Waals surface area contributed by atoms with Crippen LogP contribution in [0.3, 0.4) is 0 Å². The van der Waals surface area contributed by atoms with Gasteiger partial charge in [0.05, 0.1) is 23.8 Å². The molecule has 0 bridgehead atoms. The van der Waals surface area contributed by atoms with Crippen molar-refractivity contribution in [3.63, 3.8) is 0 Å². The van der Waals surface area contributed by atoms with Gasteiger partial charge < -0.3 is 9.30 Å². The zero-order valence-electron chi connectivity index (χ0n) is 15.5. The van der Waals surface area contributed by atoms with E-state index in [1.807, 2.05) is 12.1 Å². The van der Waals surface area contributed by atoms with Crippen LogP contribution in [0.5, 0.6) is 0 Å². The molecule has 1 aliphatic rings. The number of nitrogens with zero attached hydrogens (tertiary/aromatic N) is 3. The van der Waals surface area contributed by atoms with Crippen molar-refractivity contribution in [1.82, 2.24) is 9.55 Å². The molecule has 0 unspecified atom stereocenters. The number of carbonyl (C=O) groups is 1. The molecule has 8 heteroatoms. The number of rotatable bonds is 6. The Morgan fingerprint density at radius 3 is 2.41 bits per heavy atom. The third kappa shape index (κ3) is 3.23. The maximum atomic E-state index is 12.5. The predicted octanol–water partition coefficient (Wildman–Crippen LogP) is 2.61. The van der Waals surface area contributed by atoms with Crippen LogP contribution in [0, 0.1) is 11.3 Å². The van der Waals surface area contributed by atoms with Crippen molar-refractivity contribution in [3.8, 4) is 17.5 Å². The minimum atomic E-state index is -3.68. The Balaban J connectivity index is 2.10. The molecule has 0 radical (unpaired) electrons. The van der Waals surface area contributed by atoms with Gasteiger partial charge in [0.2, 0.25) is 0 Å². The van der Waals surface area contributed by atoms with E-state index in [2.05, 4.69) is 11.1 Å². The highest BCUT2D eigenvalue weighted by Crippen LogP contribution is 2.47. The fraction of sp³-hybridized carbons (Fsp3) is 0.421. The van der Waals surface area contributed by atoms with Gasteiger partial charge in [-0.1, -0.05) is 31.2 Å². The summed E-state index contributed by atoms with van der Waals surface area (Å²) in [5, 5.41) is 9.18. The Hall–Kier alpha value is -2.66. The van der Waals surface area contributed by atoms with Crippen molar-refractivity contribution < 1.29 is 17.9 Å². The van der Waals surface area contributed by atoms with Crippen molar-refractivity contribution >= 4 is 15.8 Å². The summed E-state index contributed by atoms with van der Waals surface area (Å²) in [5.74, 6) is -0.551. The fourth-order valence-electron chi connectivity index (χ4n) is 3.10. The smallest absolute Gasteiger partial charge is 0.359 e. The second-order valence-corrected chi connectivity index (χ2v) is 8.74. The Labute approximate surface area is 158 Å². The quantitative estimate of drug-likeness (QED) is 0.706. The van der Waals surface area contributed by atoms with E-state index in [1.165, 1.54) is 11.5 Å². The molecule has 0 aliphatic heterocycles. The molecule has 0 atom stereocenters. The molecule has 0 spiro atoms. The molecule has 0 N–H and O–H groups in total. The maximum Gasteiger partial charge on any atom is 0.359 e. The zero-order chi connectivity index (χ0) is 19.8. The number of ether oxygens (including phenoxy) is 1. The van der Waals surface area contributed by atoms with Crippen molar-refractivity contribution in [2.75, 3.05) is 12.4 Å². The van der Waals surface area contributed by atoms with E-state index in [1.54, 1.807) is 26.1 Å². The average molecular weight is 387 g/mol. The van der Waals surface area contributed by atoms with Crippen LogP contribution in [0.15, 0.2) is 29.3 Å². The number of carbonyl (C=O) groups excluding carboxylic acids is 1. The lowest BCUT2D eigenvalue weighted by Gasteiger charge is -2.09. The largest absolute Gasteiger partial charge is 0.461 e. The molecule has 1 saturated carbocycles. The molecule has 1 aromatic heterocycles. The molecular weight excluding hydrogens is 366 g/mol. The number of aromatic nitrogens is 2. The predicted molar refractivity (Wildman–Crippen MR) is 98.9 cm³/mol. The van der Waals surface area contributed by atoms with Gasteiger partial charge in [-0.05, 0) is 25.3 Å². The van der Waals surface area contributed by atoms with Gasteiger partial charge in [0, 0.05) is 12.6 Å². The minimum Gasteiger partial charge on any atom is -0.461 e. The third-order valence-corrected chi connectivity index (χ3v) is 6.66. The van der Waals surface area contributed by atoms with E-state index in [4.69, 9.17) is 4.74 Å². The lowest BCUT2D eigenvalue weighted by atomic mass is 9.96. The average Bonchev–Trinajstić information content (AvgIpc) is 3.38. The Bertz CT molecular complexity index is 1030. The number of hydrogen-bond acceptors (Lipinski definition) is 6. The summed E-state index contributed by atoms with van der Waals surface area (Å²) in [4.78, 5) is 16.5. The van der Waals surface area contributed by atoms with Crippen LogP contribution < -0.4 is 0 Å². The zero-order valence-corrected chi connectivity index (χ0v) is 16.3. The molecule has 1 fully saturated rings. The van der Waals surface area contributed by atoms with Gasteiger partial charge in [0.15, 0.2) is 20.6 Å². The van der Waals surface area contributed by atoms with Gasteiger partial charge in [-0.15, -0.1) is 0 Å². The Kier molecular flexibility index (Phi) is 4.82. The van der Waals surface area contributed by atoms with Gasteiger partial charge in [-0.25, -0.2) is 18.2 Å². The van der Waals surface area contributed by atoms with Crippen molar-refractivity contribution in [2.45, 2.75) is 37.1 Å².